The normalized spacial score (nSPS) is 16.1. The number of hydrogen-bond donors (Lipinski definition) is 1. The van der Waals surface area contributed by atoms with Crippen molar-refractivity contribution in [2.45, 2.75) is 64.4 Å². The maximum atomic E-state index is 13.4. The van der Waals surface area contributed by atoms with Crippen molar-refractivity contribution >= 4 is 35.2 Å². The van der Waals surface area contributed by atoms with Gasteiger partial charge in [-0.25, -0.2) is 34.1 Å². The molecule has 8 rings (SSSR count). The molecule has 324 valence electrons. The Bertz CT molecular complexity index is 2710. The topological polar surface area (TPSA) is 170 Å². The van der Waals surface area contributed by atoms with Crippen LogP contribution in [0.3, 0.4) is 0 Å². The second-order valence-corrected chi connectivity index (χ2v) is 15.4. The van der Waals surface area contributed by atoms with E-state index in [1.165, 1.54) is 6.33 Å². The Morgan fingerprint density at radius 3 is 1.94 bits per heavy atom. The summed E-state index contributed by atoms with van der Waals surface area (Å²) in [6, 6.07) is 39.0. The molecule has 0 saturated carbocycles. The molecule has 4 atom stereocenters. The van der Waals surface area contributed by atoms with Gasteiger partial charge in [-0.1, -0.05) is 120 Å². The lowest BCUT2D eigenvalue weighted by Gasteiger charge is -2.19. The van der Waals surface area contributed by atoms with E-state index >= 15 is 0 Å². The third kappa shape index (κ3) is 10.7. The fourth-order valence-electron chi connectivity index (χ4n) is 7.21. The van der Waals surface area contributed by atoms with Crippen LogP contribution in [-0.2, 0) is 48.1 Å². The smallest absolute Gasteiger partial charge is 0.408 e. The maximum absolute atomic E-state index is 13.4. The van der Waals surface area contributed by atoms with Crippen LogP contribution in [0.25, 0.3) is 22.4 Å². The van der Waals surface area contributed by atoms with Crippen LogP contribution in [-0.4, -0.2) is 68.4 Å². The van der Waals surface area contributed by atoms with Crippen molar-refractivity contribution in [2.75, 3.05) is 6.61 Å². The number of benzene rings is 5. The van der Waals surface area contributed by atoms with Gasteiger partial charge >= 0.3 is 24.0 Å². The molecule has 0 aliphatic carbocycles. The molecular formula is C50H45N5O9. The molecule has 0 spiro atoms. The molecule has 1 aliphatic heterocycles. The van der Waals surface area contributed by atoms with E-state index in [-0.39, 0.29) is 32.7 Å². The number of carbonyl (C=O) groups excluding carboxylic acids is 4. The zero-order valence-electron chi connectivity index (χ0n) is 35.2. The van der Waals surface area contributed by atoms with Gasteiger partial charge in [-0.2, -0.15) is 0 Å². The zero-order valence-corrected chi connectivity index (χ0v) is 35.2. The third-order valence-electron chi connectivity index (χ3n) is 10.7. The highest BCUT2D eigenvalue weighted by molar-refractivity contribution is 5.90. The Kier molecular flexibility index (Phi) is 13.4. The molecule has 1 fully saturated rings. The van der Waals surface area contributed by atoms with Gasteiger partial charge in [0.15, 0.2) is 5.65 Å². The molecule has 1 N–H and O–H groups in total. The molecule has 14 heteroatoms. The molecule has 1 saturated heterocycles. The van der Waals surface area contributed by atoms with Crippen LogP contribution in [0, 0.1) is 13.8 Å². The molecule has 0 bridgehead atoms. The standard InChI is InChI=1S/C50H45N5O9/c1-32-13-19-38(20-14-32)47(56)61-29-42-41(64-48(57)39-21-15-33(2)16-22-39)26-43(63-42)55-31-53-45-44(51-30-52-46(45)55)37-23-17-34(18-24-37)25-40(49(58)60-27-35-9-5-3-6-10-35)54-50(59)62-28-36-11-7-4-8-12-36/h3-24,30-31,40-43H,25-29H2,1-2H3,(H,54,59)/t40-,41-,42+,43+/m0/s1. The van der Waals surface area contributed by atoms with Crippen LogP contribution in [0.15, 0.2) is 146 Å². The third-order valence-corrected chi connectivity index (χ3v) is 10.7. The number of alkyl carbamates (subject to hydrolysis) is 1. The first-order valence-electron chi connectivity index (χ1n) is 20.8. The quantitative estimate of drug-likeness (QED) is 0.0779. The van der Waals surface area contributed by atoms with Crippen LogP contribution in [0.4, 0.5) is 4.79 Å². The van der Waals surface area contributed by atoms with Gasteiger partial charge < -0.3 is 29.0 Å². The van der Waals surface area contributed by atoms with Gasteiger partial charge in [0.2, 0.25) is 0 Å². The summed E-state index contributed by atoms with van der Waals surface area (Å²) in [6.07, 6.45) is 0.381. The van der Waals surface area contributed by atoms with E-state index in [0.717, 1.165) is 33.4 Å². The van der Waals surface area contributed by atoms with Gasteiger partial charge in [0.1, 0.15) is 61.8 Å². The van der Waals surface area contributed by atoms with Crippen molar-refractivity contribution < 1.29 is 42.9 Å². The van der Waals surface area contributed by atoms with Crippen molar-refractivity contribution in [3.8, 4) is 11.3 Å². The summed E-state index contributed by atoms with van der Waals surface area (Å²) in [4.78, 5) is 66.4. The first kappa shape index (κ1) is 43.0. The summed E-state index contributed by atoms with van der Waals surface area (Å²) in [6.45, 7) is 3.78. The first-order chi connectivity index (χ1) is 31.2. The number of imidazole rings is 1. The number of esters is 3. The molecule has 0 unspecified atom stereocenters. The molecule has 1 amide bonds. The van der Waals surface area contributed by atoms with E-state index in [2.05, 4.69) is 20.3 Å². The second-order valence-electron chi connectivity index (χ2n) is 15.4. The molecule has 7 aromatic rings. The van der Waals surface area contributed by atoms with E-state index < -0.39 is 48.5 Å². The summed E-state index contributed by atoms with van der Waals surface area (Å²) in [7, 11) is 0. The summed E-state index contributed by atoms with van der Waals surface area (Å²) in [5, 5.41) is 2.69. The largest absolute Gasteiger partial charge is 0.459 e. The van der Waals surface area contributed by atoms with E-state index in [9.17, 15) is 19.2 Å². The van der Waals surface area contributed by atoms with Crippen molar-refractivity contribution in [1.82, 2.24) is 24.8 Å². The average molecular weight is 860 g/mol. The minimum absolute atomic E-state index is 0.0375. The van der Waals surface area contributed by atoms with Crippen LogP contribution >= 0.6 is 0 Å². The second kappa shape index (κ2) is 20.0. The van der Waals surface area contributed by atoms with E-state index in [4.69, 9.17) is 23.7 Å². The van der Waals surface area contributed by atoms with Crippen molar-refractivity contribution in [2.24, 2.45) is 0 Å². The minimum atomic E-state index is -1.04. The van der Waals surface area contributed by atoms with Crippen molar-refractivity contribution in [1.29, 1.82) is 0 Å². The number of amides is 1. The molecule has 1 aliphatic rings. The Balaban J connectivity index is 0.977. The first-order valence-corrected chi connectivity index (χ1v) is 20.8. The van der Waals surface area contributed by atoms with Crippen LogP contribution in [0.2, 0.25) is 0 Å². The highest BCUT2D eigenvalue weighted by atomic mass is 16.6. The van der Waals surface area contributed by atoms with Gasteiger partial charge in [0.25, 0.3) is 0 Å². The van der Waals surface area contributed by atoms with E-state index in [0.29, 0.717) is 28.0 Å². The number of hydrogen-bond acceptors (Lipinski definition) is 12. The van der Waals surface area contributed by atoms with Gasteiger partial charge in [-0.05, 0) is 54.8 Å². The Morgan fingerprint density at radius 1 is 0.688 bits per heavy atom. The lowest BCUT2D eigenvalue weighted by atomic mass is 10.0. The van der Waals surface area contributed by atoms with E-state index in [1.807, 2.05) is 123 Å². The number of nitrogens with one attached hydrogen (secondary N) is 1. The van der Waals surface area contributed by atoms with Crippen molar-refractivity contribution in [3.63, 3.8) is 0 Å². The molecular weight excluding hydrogens is 815 g/mol. The zero-order chi connectivity index (χ0) is 44.4. The molecule has 2 aromatic heterocycles. The Labute approximate surface area is 369 Å². The fourth-order valence-corrected chi connectivity index (χ4v) is 7.21. The predicted octanol–water partition coefficient (Wildman–Crippen LogP) is 8.06. The molecule has 3 heterocycles. The number of rotatable bonds is 15. The van der Waals surface area contributed by atoms with Crippen molar-refractivity contribution in [3.05, 3.63) is 185 Å². The average Bonchev–Trinajstić information content (AvgIpc) is 3.94. The highest BCUT2D eigenvalue weighted by Crippen LogP contribution is 2.35. The van der Waals surface area contributed by atoms with E-state index in [1.54, 1.807) is 35.2 Å². The monoisotopic (exact) mass is 859 g/mol. The van der Waals surface area contributed by atoms with Gasteiger partial charge in [-0.3, -0.25) is 4.57 Å². The summed E-state index contributed by atoms with van der Waals surface area (Å²) >= 11 is 0. The number of aryl methyl sites for hydroxylation is 2. The van der Waals surface area contributed by atoms with Crippen LogP contribution < -0.4 is 5.32 Å². The maximum Gasteiger partial charge on any atom is 0.408 e. The molecule has 0 radical (unpaired) electrons. The SMILES string of the molecule is Cc1ccc(C(=O)OC[C@H]2O[C@@H](n3cnc4c(-c5ccc(C[C@H](NC(=O)OCc6ccccc6)C(=O)OCc6ccccc6)cc5)ncnc43)C[C@@H]2OC(=O)c2ccc(C)cc2)cc1. The summed E-state index contributed by atoms with van der Waals surface area (Å²) in [5.41, 5.74) is 7.37. The number of aromatic nitrogens is 4. The number of ether oxygens (including phenoxy) is 5. The Hall–Kier alpha value is -7.71. The van der Waals surface area contributed by atoms with Crippen LogP contribution in [0.1, 0.15) is 61.2 Å². The van der Waals surface area contributed by atoms with Gasteiger partial charge in [-0.15, -0.1) is 0 Å². The number of fused-ring (bicyclic) bond motifs is 1. The van der Waals surface area contributed by atoms with Crippen LogP contribution in [0.5, 0.6) is 0 Å². The Morgan fingerprint density at radius 2 is 1.30 bits per heavy atom. The van der Waals surface area contributed by atoms with Gasteiger partial charge in [0.05, 0.1) is 17.5 Å². The predicted molar refractivity (Wildman–Crippen MR) is 235 cm³/mol. The summed E-state index contributed by atoms with van der Waals surface area (Å²) < 4.78 is 30.9. The molecule has 5 aromatic carbocycles. The highest BCUT2D eigenvalue weighted by Gasteiger charge is 2.41. The number of carbonyl (C=O) groups is 4. The molecule has 64 heavy (non-hydrogen) atoms. The fraction of sp³-hybridized carbons (Fsp3) is 0.220. The lowest BCUT2D eigenvalue weighted by Crippen LogP contribution is -2.43. The number of nitrogens with zero attached hydrogens (tertiary/aromatic N) is 4. The van der Waals surface area contributed by atoms with Gasteiger partial charge in [0, 0.05) is 18.4 Å². The molecule has 14 nitrogen and oxygen atoms in total. The minimum Gasteiger partial charge on any atom is -0.459 e. The summed E-state index contributed by atoms with van der Waals surface area (Å²) in [5.74, 6) is -1.66. The lowest BCUT2D eigenvalue weighted by molar-refractivity contribution is -0.147.